The number of carbonyl (C=O) groups is 1. The Balaban J connectivity index is 1.97. The van der Waals surface area contributed by atoms with Gasteiger partial charge in [0.1, 0.15) is 0 Å². The molecule has 3 nitrogen and oxygen atoms in total. The van der Waals surface area contributed by atoms with Crippen LogP contribution in [-0.4, -0.2) is 18.0 Å². The molecule has 2 amide bonds. The van der Waals surface area contributed by atoms with E-state index in [1.165, 1.54) is 10.4 Å². The smallest absolute Gasteiger partial charge is 0.320 e. The average Bonchev–Trinajstić information content (AvgIpc) is 3.02. The van der Waals surface area contributed by atoms with Gasteiger partial charge in [0, 0.05) is 17.6 Å². The number of hydrogen-bond acceptors (Lipinski definition) is 2. The fraction of sp³-hybridized carbons (Fsp3) is 0.353. The number of aryl methyl sites for hydroxylation is 1. The molecule has 0 aliphatic rings. The van der Waals surface area contributed by atoms with Crippen molar-refractivity contribution < 1.29 is 4.79 Å². The molecular weight excluding hydrogens is 280 g/mol. The van der Waals surface area contributed by atoms with E-state index in [0.717, 1.165) is 18.5 Å². The van der Waals surface area contributed by atoms with Crippen LogP contribution >= 0.6 is 11.3 Å². The zero-order chi connectivity index (χ0) is 15.2. The van der Waals surface area contributed by atoms with Crippen molar-refractivity contribution in [2.75, 3.05) is 12.4 Å². The molecule has 1 aromatic carbocycles. The highest BCUT2D eigenvalue weighted by atomic mass is 32.1. The predicted molar refractivity (Wildman–Crippen MR) is 90.0 cm³/mol. The molecule has 1 aromatic heterocycles. The van der Waals surface area contributed by atoms with Crippen molar-refractivity contribution in [3.05, 3.63) is 52.2 Å². The van der Waals surface area contributed by atoms with Gasteiger partial charge in [0.2, 0.25) is 0 Å². The molecule has 0 saturated heterocycles. The summed E-state index contributed by atoms with van der Waals surface area (Å²) >= 11 is 1.67. The summed E-state index contributed by atoms with van der Waals surface area (Å²) in [5, 5.41) is 4.98. The maximum Gasteiger partial charge on any atom is 0.322 e. The Bertz CT molecular complexity index is 563. The van der Waals surface area contributed by atoms with Crippen LogP contribution in [-0.2, 0) is 6.42 Å². The largest absolute Gasteiger partial charge is 0.322 e. The Kier molecular flexibility index (Phi) is 5.39. The Hall–Kier alpha value is -1.81. The third-order valence-corrected chi connectivity index (χ3v) is 4.64. The second kappa shape index (κ2) is 7.27. The van der Waals surface area contributed by atoms with E-state index < -0.39 is 0 Å². The minimum atomic E-state index is -0.0841. The second-order valence-electron chi connectivity index (χ2n) is 5.18. The van der Waals surface area contributed by atoms with Gasteiger partial charge in [-0.15, -0.1) is 11.3 Å². The summed E-state index contributed by atoms with van der Waals surface area (Å²) < 4.78 is 0. The summed E-state index contributed by atoms with van der Waals surface area (Å²) in [6, 6.07) is 12.1. The highest BCUT2D eigenvalue weighted by Crippen LogP contribution is 2.24. The Morgan fingerprint density at radius 1 is 1.29 bits per heavy atom. The maximum absolute atomic E-state index is 12.3. The lowest BCUT2D eigenvalue weighted by molar-refractivity contribution is 0.209. The van der Waals surface area contributed by atoms with E-state index >= 15 is 0 Å². The van der Waals surface area contributed by atoms with Crippen LogP contribution in [0.5, 0.6) is 0 Å². The molecule has 2 aromatic rings. The standard InChI is InChI=1S/C17H22N2OS/c1-4-6-14-8-10-15(11-9-14)18-17(20)19(3)13(2)16-7-5-12-21-16/h5,7-13H,4,6H2,1-3H3,(H,18,20). The lowest BCUT2D eigenvalue weighted by atomic mass is 10.1. The summed E-state index contributed by atoms with van der Waals surface area (Å²) in [6.07, 6.45) is 2.20. The van der Waals surface area contributed by atoms with Crippen LogP contribution in [0.1, 0.15) is 36.8 Å². The molecule has 0 fully saturated rings. The van der Waals surface area contributed by atoms with Gasteiger partial charge in [0.05, 0.1) is 6.04 Å². The third-order valence-electron chi connectivity index (χ3n) is 3.60. The molecule has 1 N–H and O–H groups in total. The van der Waals surface area contributed by atoms with Crippen molar-refractivity contribution in [2.45, 2.75) is 32.7 Å². The molecule has 1 heterocycles. The molecule has 112 valence electrons. The van der Waals surface area contributed by atoms with Crippen LogP contribution in [0, 0.1) is 0 Å². The lowest BCUT2D eigenvalue weighted by Crippen LogP contribution is -2.33. The van der Waals surface area contributed by atoms with E-state index in [0.29, 0.717) is 0 Å². The molecular formula is C17H22N2OS. The summed E-state index contributed by atoms with van der Waals surface area (Å²) in [5.41, 5.74) is 2.14. The molecule has 21 heavy (non-hydrogen) atoms. The first-order valence-corrected chi connectivity index (χ1v) is 8.16. The number of nitrogens with zero attached hydrogens (tertiary/aromatic N) is 1. The molecule has 0 bridgehead atoms. The Morgan fingerprint density at radius 3 is 2.57 bits per heavy atom. The van der Waals surface area contributed by atoms with E-state index in [1.54, 1.807) is 16.2 Å². The summed E-state index contributed by atoms with van der Waals surface area (Å²) in [4.78, 5) is 15.2. The van der Waals surface area contributed by atoms with E-state index in [2.05, 4.69) is 30.4 Å². The first kappa shape index (κ1) is 15.6. The van der Waals surface area contributed by atoms with Crippen molar-refractivity contribution in [1.82, 2.24) is 4.90 Å². The SMILES string of the molecule is CCCc1ccc(NC(=O)N(C)C(C)c2cccs2)cc1. The zero-order valence-corrected chi connectivity index (χ0v) is 13.6. The fourth-order valence-electron chi connectivity index (χ4n) is 2.15. The number of anilines is 1. The van der Waals surface area contributed by atoms with Crippen molar-refractivity contribution in [3.8, 4) is 0 Å². The van der Waals surface area contributed by atoms with E-state index in [9.17, 15) is 4.79 Å². The van der Waals surface area contributed by atoms with Crippen LogP contribution in [0.2, 0.25) is 0 Å². The van der Waals surface area contributed by atoms with Crippen LogP contribution in [0.4, 0.5) is 10.5 Å². The molecule has 0 aliphatic heterocycles. The molecule has 0 spiro atoms. The van der Waals surface area contributed by atoms with Crippen LogP contribution in [0.3, 0.4) is 0 Å². The molecule has 4 heteroatoms. The highest BCUT2D eigenvalue weighted by molar-refractivity contribution is 7.10. The number of carbonyl (C=O) groups excluding carboxylic acids is 1. The quantitative estimate of drug-likeness (QED) is 0.835. The van der Waals surface area contributed by atoms with Gasteiger partial charge in [-0.05, 0) is 42.5 Å². The number of hydrogen-bond donors (Lipinski definition) is 1. The van der Waals surface area contributed by atoms with E-state index in [1.807, 2.05) is 37.6 Å². The maximum atomic E-state index is 12.3. The van der Waals surface area contributed by atoms with Crippen molar-refractivity contribution >= 4 is 23.1 Å². The first-order valence-electron chi connectivity index (χ1n) is 7.28. The van der Waals surface area contributed by atoms with Crippen LogP contribution in [0.15, 0.2) is 41.8 Å². The number of amides is 2. The minimum Gasteiger partial charge on any atom is -0.320 e. The Labute approximate surface area is 130 Å². The van der Waals surface area contributed by atoms with Gasteiger partial charge in [0.25, 0.3) is 0 Å². The number of benzene rings is 1. The van der Waals surface area contributed by atoms with Crippen molar-refractivity contribution in [2.24, 2.45) is 0 Å². The predicted octanol–water partition coefficient (Wildman–Crippen LogP) is 4.93. The average molecular weight is 302 g/mol. The van der Waals surface area contributed by atoms with Gasteiger partial charge in [-0.3, -0.25) is 0 Å². The van der Waals surface area contributed by atoms with Gasteiger partial charge < -0.3 is 10.2 Å². The number of urea groups is 1. The topological polar surface area (TPSA) is 32.3 Å². The van der Waals surface area contributed by atoms with Crippen molar-refractivity contribution in [1.29, 1.82) is 0 Å². The second-order valence-corrected chi connectivity index (χ2v) is 6.16. The monoisotopic (exact) mass is 302 g/mol. The molecule has 0 saturated carbocycles. The third kappa shape index (κ3) is 4.08. The first-order chi connectivity index (χ1) is 10.1. The van der Waals surface area contributed by atoms with Gasteiger partial charge in [-0.1, -0.05) is 31.5 Å². The van der Waals surface area contributed by atoms with Crippen LogP contribution < -0.4 is 5.32 Å². The number of thiophene rings is 1. The fourth-order valence-corrected chi connectivity index (χ4v) is 2.98. The minimum absolute atomic E-state index is 0.0735. The number of nitrogens with one attached hydrogen (secondary N) is 1. The van der Waals surface area contributed by atoms with Gasteiger partial charge in [0.15, 0.2) is 0 Å². The van der Waals surface area contributed by atoms with Crippen LogP contribution in [0.25, 0.3) is 0 Å². The lowest BCUT2D eigenvalue weighted by Gasteiger charge is -2.24. The summed E-state index contributed by atoms with van der Waals surface area (Å²) in [5.74, 6) is 0. The normalized spacial score (nSPS) is 12.0. The molecule has 1 unspecified atom stereocenters. The van der Waals surface area contributed by atoms with Gasteiger partial charge in [-0.2, -0.15) is 0 Å². The molecule has 2 rings (SSSR count). The molecule has 0 aliphatic carbocycles. The molecule has 0 radical (unpaired) electrons. The van der Waals surface area contributed by atoms with E-state index in [-0.39, 0.29) is 12.1 Å². The molecule has 1 atom stereocenters. The summed E-state index contributed by atoms with van der Waals surface area (Å²) in [7, 11) is 1.82. The van der Waals surface area contributed by atoms with Crippen molar-refractivity contribution in [3.63, 3.8) is 0 Å². The Morgan fingerprint density at radius 2 is 2.00 bits per heavy atom. The summed E-state index contributed by atoms with van der Waals surface area (Å²) in [6.45, 7) is 4.20. The highest BCUT2D eigenvalue weighted by Gasteiger charge is 2.18. The number of rotatable bonds is 5. The zero-order valence-electron chi connectivity index (χ0n) is 12.8. The van der Waals surface area contributed by atoms with Gasteiger partial charge >= 0.3 is 6.03 Å². The van der Waals surface area contributed by atoms with E-state index in [4.69, 9.17) is 0 Å². The van der Waals surface area contributed by atoms with Gasteiger partial charge in [-0.25, -0.2) is 4.79 Å².